The number of nitrogens with zero attached hydrogens (tertiary/aromatic N) is 1. The van der Waals surface area contributed by atoms with Crippen molar-refractivity contribution >= 4 is 10.8 Å². The van der Waals surface area contributed by atoms with Gasteiger partial charge in [-0.15, -0.1) is 0 Å². The Morgan fingerprint density at radius 2 is 1.68 bits per heavy atom. The van der Waals surface area contributed by atoms with Gasteiger partial charge in [-0.3, -0.25) is 4.79 Å². The van der Waals surface area contributed by atoms with Crippen LogP contribution in [0.3, 0.4) is 0 Å². The molecule has 2 heterocycles. The number of hydrogen-bond acceptors (Lipinski definition) is 5. The van der Waals surface area contributed by atoms with Gasteiger partial charge in [-0.1, -0.05) is 30.3 Å². The minimum Gasteiger partial charge on any atom is -0.508 e. The SMILES string of the molecule is O=c1c2c(O)ccc3c2c(cn1NCc1ccccc1)-c1cc(O)ccc1O3. The summed E-state index contributed by atoms with van der Waals surface area (Å²) >= 11 is 0. The zero-order valence-electron chi connectivity index (χ0n) is 14.7. The molecular formula is C22H16N2O4. The first-order valence-electron chi connectivity index (χ1n) is 8.82. The molecule has 4 aromatic rings. The molecule has 0 aliphatic carbocycles. The van der Waals surface area contributed by atoms with Gasteiger partial charge in [0, 0.05) is 22.7 Å². The molecule has 0 unspecified atom stereocenters. The second-order valence-electron chi connectivity index (χ2n) is 6.65. The van der Waals surface area contributed by atoms with Crippen molar-refractivity contribution in [2.24, 2.45) is 0 Å². The third-order valence-corrected chi connectivity index (χ3v) is 4.87. The Bertz CT molecular complexity index is 1280. The van der Waals surface area contributed by atoms with Crippen molar-refractivity contribution in [1.29, 1.82) is 0 Å². The van der Waals surface area contributed by atoms with Crippen LogP contribution >= 0.6 is 0 Å². The van der Waals surface area contributed by atoms with Crippen molar-refractivity contribution in [1.82, 2.24) is 4.68 Å². The Kier molecular flexibility index (Phi) is 3.52. The standard InChI is InChI=1S/C22H16N2O4/c25-14-6-8-18-15(10-14)16-12-24(23-11-13-4-2-1-3-5-13)22(27)21-17(26)7-9-19(28-18)20(16)21/h1-10,12,23,25-26H,11H2. The fraction of sp³-hybridized carbons (Fsp3) is 0.0455. The number of aromatic nitrogens is 1. The summed E-state index contributed by atoms with van der Waals surface area (Å²) in [5.74, 6) is 1.04. The van der Waals surface area contributed by atoms with Crippen LogP contribution in [0.5, 0.6) is 23.0 Å². The Labute approximate surface area is 159 Å². The summed E-state index contributed by atoms with van der Waals surface area (Å²) < 4.78 is 7.26. The third-order valence-electron chi connectivity index (χ3n) is 4.87. The molecule has 0 amide bonds. The van der Waals surface area contributed by atoms with E-state index in [0.29, 0.717) is 34.6 Å². The monoisotopic (exact) mass is 372 g/mol. The highest BCUT2D eigenvalue weighted by molar-refractivity contribution is 6.05. The number of ether oxygens (including phenoxy) is 1. The smallest absolute Gasteiger partial charge is 0.280 e. The summed E-state index contributed by atoms with van der Waals surface area (Å²) in [6.07, 6.45) is 1.68. The molecule has 138 valence electrons. The predicted octanol–water partition coefficient (Wildman–Crippen LogP) is 3.93. The van der Waals surface area contributed by atoms with Crippen molar-refractivity contribution in [3.63, 3.8) is 0 Å². The number of hydrogen-bond donors (Lipinski definition) is 3. The lowest BCUT2D eigenvalue weighted by Crippen LogP contribution is -2.29. The summed E-state index contributed by atoms with van der Waals surface area (Å²) in [5, 5.41) is 21.0. The first-order chi connectivity index (χ1) is 13.6. The Hall–Kier alpha value is -3.93. The normalized spacial score (nSPS) is 11.7. The Morgan fingerprint density at radius 1 is 0.893 bits per heavy atom. The fourth-order valence-corrected chi connectivity index (χ4v) is 3.54. The van der Waals surface area contributed by atoms with E-state index < -0.39 is 0 Å². The largest absolute Gasteiger partial charge is 0.508 e. The van der Waals surface area contributed by atoms with Gasteiger partial charge in [0.05, 0.1) is 11.9 Å². The minimum atomic E-state index is -0.374. The van der Waals surface area contributed by atoms with Crippen molar-refractivity contribution < 1.29 is 14.9 Å². The van der Waals surface area contributed by atoms with E-state index in [1.54, 1.807) is 30.5 Å². The van der Waals surface area contributed by atoms with Crippen LogP contribution in [-0.4, -0.2) is 14.9 Å². The van der Waals surface area contributed by atoms with Crippen molar-refractivity contribution in [3.8, 4) is 34.1 Å². The number of pyridine rings is 1. The molecule has 0 saturated carbocycles. The maximum absolute atomic E-state index is 13.0. The summed E-state index contributed by atoms with van der Waals surface area (Å²) in [7, 11) is 0. The van der Waals surface area contributed by atoms with Crippen LogP contribution in [0.2, 0.25) is 0 Å². The quantitative estimate of drug-likeness (QED) is 0.447. The van der Waals surface area contributed by atoms with E-state index in [-0.39, 0.29) is 22.4 Å². The zero-order valence-corrected chi connectivity index (χ0v) is 14.7. The summed E-state index contributed by atoms with van der Waals surface area (Å²) in [4.78, 5) is 13.0. The fourth-order valence-electron chi connectivity index (χ4n) is 3.54. The maximum atomic E-state index is 13.0. The van der Waals surface area contributed by atoms with E-state index in [9.17, 15) is 15.0 Å². The van der Waals surface area contributed by atoms with Crippen molar-refractivity contribution in [2.75, 3.05) is 5.43 Å². The second kappa shape index (κ2) is 6.06. The van der Waals surface area contributed by atoms with Crippen molar-refractivity contribution in [3.05, 3.63) is 82.8 Å². The molecule has 3 aromatic carbocycles. The number of nitrogens with one attached hydrogen (secondary N) is 1. The molecule has 1 aliphatic rings. The minimum absolute atomic E-state index is 0.0918. The van der Waals surface area contributed by atoms with Crippen LogP contribution in [-0.2, 0) is 6.54 Å². The lowest BCUT2D eigenvalue weighted by atomic mass is 9.96. The van der Waals surface area contributed by atoms with E-state index in [4.69, 9.17) is 4.74 Å². The van der Waals surface area contributed by atoms with Gasteiger partial charge < -0.3 is 20.4 Å². The Morgan fingerprint density at radius 3 is 2.50 bits per heavy atom. The zero-order chi connectivity index (χ0) is 19.3. The predicted molar refractivity (Wildman–Crippen MR) is 107 cm³/mol. The molecule has 1 aromatic heterocycles. The first-order valence-corrected chi connectivity index (χ1v) is 8.82. The second-order valence-corrected chi connectivity index (χ2v) is 6.65. The van der Waals surface area contributed by atoms with Gasteiger partial charge in [-0.05, 0) is 35.9 Å². The van der Waals surface area contributed by atoms with Gasteiger partial charge in [0.1, 0.15) is 23.0 Å². The third kappa shape index (κ3) is 2.46. The number of rotatable bonds is 3. The first kappa shape index (κ1) is 16.3. The van der Waals surface area contributed by atoms with E-state index >= 15 is 0 Å². The van der Waals surface area contributed by atoms with Crippen molar-refractivity contribution in [2.45, 2.75) is 6.54 Å². The number of phenolic OH excluding ortho intramolecular Hbond substituents is 2. The molecule has 6 heteroatoms. The van der Waals surface area contributed by atoms with E-state index in [1.807, 2.05) is 30.3 Å². The molecule has 0 spiro atoms. The van der Waals surface area contributed by atoms with Gasteiger partial charge in [-0.2, -0.15) is 0 Å². The molecular weight excluding hydrogens is 356 g/mol. The van der Waals surface area contributed by atoms with E-state index in [0.717, 1.165) is 5.56 Å². The van der Waals surface area contributed by atoms with Crippen LogP contribution < -0.4 is 15.7 Å². The van der Waals surface area contributed by atoms with Gasteiger partial charge in [0.15, 0.2) is 0 Å². The topological polar surface area (TPSA) is 83.7 Å². The van der Waals surface area contributed by atoms with Gasteiger partial charge in [0.25, 0.3) is 5.56 Å². The highest BCUT2D eigenvalue weighted by Crippen LogP contribution is 2.47. The number of fused-ring (bicyclic) bond motifs is 2. The van der Waals surface area contributed by atoms with Crippen LogP contribution in [0.1, 0.15) is 5.56 Å². The maximum Gasteiger partial charge on any atom is 0.280 e. The van der Waals surface area contributed by atoms with Crippen LogP contribution in [0.25, 0.3) is 21.9 Å². The molecule has 0 atom stereocenters. The summed E-state index contributed by atoms with van der Waals surface area (Å²) in [6.45, 7) is 0.440. The molecule has 0 fully saturated rings. The average Bonchev–Trinajstić information content (AvgIpc) is 2.71. The van der Waals surface area contributed by atoms with Gasteiger partial charge in [0.2, 0.25) is 0 Å². The molecule has 6 nitrogen and oxygen atoms in total. The highest BCUT2D eigenvalue weighted by Gasteiger charge is 2.25. The number of phenols is 2. The van der Waals surface area contributed by atoms with Crippen LogP contribution in [0.4, 0.5) is 0 Å². The van der Waals surface area contributed by atoms with E-state index in [2.05, 4.69) is 5.43 Å². The van der Waals surface area contributed by atoms with Gasteiger partial charge in [-0.25, -0.2) is 4.68 Å². The molecule has 5 rings (SSSR count). The molecule has 1 aliphatic heterocycles. The summed E-state index contributed by atoms with van der Waals surface area (Å²) in [6, 6.07) is 17.6. The summed E-state index contributed by atoms with van der Waals surface area (Å²) in [5.41, 5.74) is 5.09. The molecule has 0 radical (unpaired) electrons. The highest BCUT2D eigenvalue weighted by atomic mass is 16.5. The lowest BCUT2D eigenvalue weighted by Gasteiger charge is -2.23. The average molecular weight is 372 g/mol. The Balaban J connectivity index is 1.73. The number of aromatic hydroxyl groups is 2. The lowest BCUT2D eigenvalue weighted by molar-refractivity contribution is 0.463. The molecule has 0 saturated heterocycles. The molecule has 0 bridgehead atoms. The van der Waals surface area contributed by atoms with E-state index in [1.165, 1.54) is 10.7 Å². The van der Waals surface area contributed by atoms with Crippen LogP contribution in [0.15, 0.2) is 71.7 Å². The van der Waals surface area contributed by atoms with Gasteiger partial charge >= 0.3 is 0 Å². The molecule has 28 heavy (non-hydrogen) atoms. The molecule has 3 N–H and O–H groups in total. The van der Waals surface area contributed by atoms with Crippen LogP contribution in [0, 0.1) is 0 Å². The number of benzene rings is 3.